The van der Waals surface area contributed by atoms with Gasteiger partial charge in [-0.3, -0.25) is 4.79 Å². The van der Waals surface area contributed by atoms with Crippen molar-refractivity contribution >= 4 is 26.5 Å². The lowest BCUT2D eigenvalue weighted by molar-refractivity contribution is -0.127. The van der Waals surface area contributed by atoms with Crippen molar-refractivity contribution in [3.8, 4) is 0 Å². The van der Waals surface area contributed by atoms with Crippen LogP contribution in [0.5, 0.6) is 0 Å². The minimum absolute atomic E-state index is 0.100. The lowest BCUT2D eigenvalue weighted by Crippen LogP contribution is -2.25. The Kier molecular flexibility index (Phi) is 5.68. The Bertz CT molecular complexity index is 159. The zero-order valence-electron chi connectivity index (χ0n) is 7.29. The van der Waals surface area contributed by atoms with Crippen molar-refractivity contribution in [2.75, 3.05) is 25.6 Å². The molecule has 4 heteroatoms. The van der Waals surface area contributed by atoms with Crippen LogP contribution in [0.25, 0.3) is 0 Å². The molecule has 11 heavy (non-hydrogen) atoms. The molecule has 1 unspecified atom stereocenters. The molecule has 1 atom stereocenters. The first-order valence-electron chi connectivity index (χ1n) is 3.55. The Labute approximate surface area is 75.6 Å². The molecule has 0 radical (unpaired) electrons. The summed E-state index contributed by atoms with van der Waals surface area (Å²) in [6.07, 6.45) is 3.07. The molecule has 0 heterocycles. The smallest absolute Gasteiger partial charge is 0.219 e. The van der Waals surface area contributed by atoms with Gasteiger partial charge in [0.15, 0.2) is 0 Å². The molecule has 0 aromatic carbocycles. The highest BCUT2D eigenvalue weighted by Gasteiger charge is 1.99. The van der Waals surface area contributed by atoms with Gasteiger partial charge in [0.2, 0.25) is 5.91 Å². The van der Waals surface area contributed by atoms with E-state index in [1.807, 2.05) is 13.3 Å². The molecule has 0 aromatic rings. The Hall–Kier alpha value is 0.0400. The van der Waals surface area contributed by atoms with E-state index in [2.05, 4.69) is 0 Å². The molecule has 0 bridgehead atoms. The van der Waals surface area contributed by atoms with Crippen LogP contribution in [0.3, 0.4) is 0 Å². The number of carbonyl (C=O) groups excluding carboxylic acids is 1. The van der Waals surface area contributed by atoms with Crippen molar-refractivity contribution in [1.82, 2.24) is 4.90 Å². The van der Waals surface area contributed by atoms with Crippen molar-refractivity contribution < 1.29 is 4.79 Å². The second-order valence-electron chi connectivity index (χ2n) is 2.57. The van der Waals surface area contributed by atoms with Crippen LogP contribution in [0.15, 0.2) is 0 Å². The predicted molar refractivity (Wildman–Crippen MR) is 53.4 cm³/mol. The van der Waals surface area contributed by atoms with Gasteiger partial charge in [0.1, 0.15) is 0 Å². The Morgan fingerprint density at radius 1 is 1.64 bits per heavy atom. The fourth-order valence-electron chi connectivity index (χ4n) is 0.662. The topological polar surface area (TPSA) is 20.3 Å². The number of rotatable bonds is 4. The quantitative estimate of drug-likeness (QED) is 0.650. The first-order valence-corrected chi connectivity index (χ1v) is 6.28. The van der Waals surface area contributed by atoms with Crippen LogP contribution in [-0.4, -0.2) is 36.4 Å². The Morgan fingerprint density at radius 2 is 2.18 bits per heavy atom. The number of nitrogens with zero attached hydrogens (tertiary/aromatic N) is 1. The van der Waals surface area contributed by atoms with Gasteiger partial charge in [0, 0.05) is 20.5 Å². The van der Waals surface area contributed by atoms with E-state index in [0.29, 0.717) is 0 Å². The average molecular weight is 193 g/mol. The second kappa shape index (κ2) is 5.66. The number of amides is 1. The fourth-order valence-corrected chi connectivity index (χ4v) is 1.55. The first kappa shape index (κ1) is 11.0. The van der Waals surface area contributed by atoms with Crippen molar-refractivity contribution in [2.45, 2.75) is 13.3 Å². The highest BCUT2D eigenvalue weighted by Crippen LogP contribution is 1.89. The van der Waals surface area contributed by atoms with E-state index in [0.717, 1.165) is 18.7 Å². The van der Waals surface area contributed by atoms with E-state index >= 15 is 0 Å². The summed E-state index contributed by atoms with van der Waals surface area (Å²) >= 11 is 5.02. The van der Waals surface area contributed by atoms with Crippen molar-refractivity contribution in [3.63, 3.8) is 0 Å². The van der Waals surface area contributed by atoms with E-state index in [1.54, 1.807) is 11.8 Å². The van der Waals surface area contributed by atoms with Gasteiger partial charge >= 0.3 is 0 Å². The molecule has 0 aliphatic carbocycles. The lowest BCUT2D eigenvalue weighted by atomic mass is 10.4. The molecule has 0 saturated heterocycles. The predicted octanol–water partition coefficient (Wildman–Crippen LogP) is 0.565. The molecule has 0 aliphatic rings. The highest BCUT2D eigenvalue weighted by molar-refractivity contribution is 8.28. The second-order valence-corrected chi connectivity index (χ2v) is 5.83. The summed E-state index contributed by atoms with van der Waals surface area (Å²) < 4.78 is 0. The fraction of sp³-hybridized carbons (Fsp3) is 0.857. The van der Waals surface area contributed by atoms with Crippen molar-refractivity contribution in [2.24, 2.45) is 0 Å². The molecule has 0 aliphatic heterocycles. The van der Waals surface area contributed by atoms with Crippen LogP contribution in [-0.2, 0) is 25.4 Å². The molecular weight excluding hydrogens is 178 g/mol. The SMILES string of the molecule is CC(=O)N(C)CCCS(C)=S. The van der Waals surface area contributed by atoms with Crippen LogP contribution in [0, 0.1) is 0 Å². The molecular formula is C7H15NOS2. The van der Waals surface area contributed by atoms with E-state index in [4.69, 9.17) is 11.2 Å². The van der Waals surface area contributed by atoms with E-state index in [-0.39, 0.29) is 15.4 Å². The largest absolute Gasteiger partial charge is 0.346 e. The van der Waals surface area contributed by atoms with Crippen molar-refractivity contribution in [3.05, 3.63) is 0 Å². The van der Waals surface area contributed by atoms with Crippen LogP contribution in [0.2, 0.25) is 0 Å². The molecule has 0 aromatic heterocycles. The normalized spacial score (nSPS) is 12.6. The molecule has 66 valence electrons. The number of hydrogen-bond acceptors (Lipinski definition) is 2. The third-order valence-electron chi connectivity index (χ3n) is 1.46. The summed E-state index contributed by atoms with van der Waals surface area (Å²) in [5.41, 5.74) is 0. The molecule has 0 rings (SSSR count). The summed E-state index contributed by atoms with van der Waals surface area (Å²) in [4.78, 5) is 12.4. The van der Waals surface area contributed by atoms with Crippen molar-refractivity contribution in [1.29, 1.82) is 0 Å². The van der Waals surface area contributed by atoms with Crippen LogP contribution in [0.4, 0.5) is 0 Å². The summed E-state index contributed by atoms with van der Waals surface area (Å²) in [5.74, 6) is 1.18. The Balaban J connectivity index is 3.39. The van der Waals surface area contributed by atoms with Gasteiger partial charge in [-0.2, -0.15) is 0 Å². The minimum atomic E-state index is 0.100. The zero-order valence-corrected chi connectivity index (χ0v) is 8.93. The van der Waals surface area contributed by atoms with Gasteiger partial charge < -0.3 is 4.90 Å². The zero-order chi connectivity index (χ0) is 8.85. The molecule has 2 nitrogen and oxygen atoms in total. The third kappa shape index (κ3) is 6.44. The highest BCUT2D eigenvalue weighted by atomic mass is 32.8. The van der Waals surface area contributed by atoms with Gasteiger partial charge in [-0.25, -0.2) is 0 Å². The number of hydrogen-bond donors (Lipinski definition) is 0. The monoisotopic (exact) mass is 193 g/mol. The standard InChI is InChI=1S/C7H15NOS2/c1-7(9)8(2)5-4-6-11(3)10/h4-6H2,1-3H3. The summed E-state index contributed by atoms with van der Waals surface area (Å²) in [5, 5.41) is 0. The minimum Gasteiger partial charge on any atom is -0.346 e. The maximum absolute atomic E-state index is 10.7. The van der Waals surface area contributed by atoms with Crippen LogP contribution in [0.1, 0.15) is 13.3 Å². The summed E-state index contributed by atoms with van der Waals surface area (Å²) in [6.45, 7) is 2.42. The number of carbonyl (C=O) groups is 1. The summed E-state index contributed by atoms with van der Waals surface area (Å²) in [6, 6.07) is 0. The van der Waals surface area contributed by atoms with Crippen LogP contribution < -0.4 is 0 Å². The molecule has 1 amide bonds. The maximum atomic E-state index is 10.7. The molecule has 0 saturated carbocycles. The van der Waals surface area contributed by atoms with Gasteiger partial charge in [0.05, 0.1) is 0 Å². The van der Waals surface area contributed by atoms with E-state index in [1.165, 1.54) is 0 Å². The lowest BCUT2D eigenvalue weighted by Gasteiger charge is -2.13. The molecule has 0 fully saturated rings. The molecule has 0 spiro atoms. The third-order valence-corrected chi connectivity index (χ3v) is 2.83. The Morgan fingerprint density at radius 3 is 2.55 bits per heavy atom. The van der Waals surface area contributed by atoms with Gasteiger partial charge in [-0.1, -0.05) is 11.2 Å². The van der Waals surface area contributed by atoms with Gasteiger partial charge in [-0.15, -0.1) is 9.45 Å². The first-order chi connectivity index (χ1) is 5.04. The average Bonchev–Trinajstić information content (AvgIpc) is 1.86. The molecule has 0 N–H and O–H groups in total. The van der Waals surface area contributed by atoms with Gasteiger partial charge in [-0.05, 0) is 18.4 Å². The van der Waals surface area contributed by atoms with Gasteiger partial charge in [0.25, 0.3) is 0 Å². The van der Waals surface area contributed by atoms with Crippen LogP contribution >= 0.6 is 0 Å². The maximum Gasteiger partial charge on any atom is 0.219 e. The van der Waals surface area contributed by atoms with E-state index < -0.39 is 0 Å². The van der Waals surface area contributed by atoms with E-state index in [9.17, 15) is 4.79 Å². The summed E-state index contributed by atoms with van der Waals surface area (Å²) in [7, 11) is 1.92.